The van der Waals surface area contributed by atoms with E-state index >= 15 is 0 Å². The van der Waals surface area contributed by atoms with Gasteiger partial charge in [-0.1, -0.05) is 6.07 Å². The monoisotopic (exact) mass is 474 g/mol. The molecule has 2 aliphatic heterocycles. The first-order valence-corrected chi connectivity index (χ1v) is 10.7. The molecule has 182 valence electrons. The summed E-state index contributed by atoms with van der Waals surface area (Å²) in [6, 6.07) is 3.28. The number of rotatable bonds is 7. The van der Waals surface area contributed by atoms with Crippen LogP contribution in [0.15, 0.2) is 18.2 Å². The number of ether oxygens (including phenoxy) is 2. The van der Waals surface area contributed by atoms with Crippen molar-refractivity contribution in [3.8, 4) is 0 Å². The molecule has 3 rings (SSSR count). The van der Waals surface area contributed by atoms with Gasteiger partial charge in [0.05, 0.1) is 23.4 Å². The molecule has 0 spiro atoms. The third-order valence-corrected chi connectivity index (χ3v) is 4.89. The lowest BCUT2D eigenvalue weighted by Gasteiger charge is -2.27. The van der Waals surface area contributed by atoms with E-state index in [0.29, 0.717) is 0 Å². The van der Waals surface area contributed by atoms with Crippen LogP contribution in [0.1, 0.15) is 54.3 Å². The molecular weight excluding hydrogens is 448 g/mol. The van der Waals surface area contributed by atoms with Crippen molar-refractivity contribution in [1.82, 2.24) is 15.5 Å². The summed E-state index contributed by atoms with van der Waals surface area (Å²) in [5.41, 5.74) is -0.508. The van der Waals surface area contributed by atoms with Gasteiger partial charge in [-0.05, 0) is 39.3 Å². The number of imide groups is 2. The number of benzene rings is 1. The minimum Gasteiger partial charge on any atom is -0.444 e. The van der Waals surface area contributed by atoms with Crippen LogP contribution in [0, 0.1) is 0 Å². The Balaban J connectivity index is 1.56. The number of fused-ring (bicyclic) bond motifs is 1. The summed E-state index contributed by atoms with van der Waals surface area (Å²) in [4.78, 5) is 74.1. The lowest BCUT2D eigenvalue weighted by Crippen LogP contribution is -2.54. The quantitative estimate of drug-likeness (QED) is 0.382. The Hall–Kier alpha value is -3.80. The van der Waals surface area contributed by atoms with E-state index in [-0.39, 0.29) is 49.4 Å². The summed E-state index contributed by atoms with van der Waals surface area (Å²) in [5, 5.41) is 7.15. The maximum atomic E-state index is 13.0. The summed E-state index contributed by atoms with van der Waals surface area (Å²) in [7, 11) is 0. The Labute approximate surface area is 195 Å². The number of hydrogen-bond acceptors (Lipinski definition) is 8. The maximum Gasteiger partial charge on any atom is 0.407 e. The molecule has 1 unspecified atom stereocenters. The van der Waals surface area contributed by atoms with E-state index in [1.54, 1.807) is 20.8 Å². The molecule has 2 aliphatic rings. The van der Waals surface area contributed by atoms with Crippen LogP contribution in [0.5, 0.6) is 0 Å². The Kier molecular flexibility index (Phi) is 7.30. The second-order valence-corrected chi connectivity index (χ2v) is 8.70. The molecule has 1 aromatic rings. The lowest BCUT2D eigenvalue weighted by atomic mass is 10.0. The molecule has 1 saturated heterocycles. The third-order valence-electron chi connectivity index (χ3n) is 4.89. The van der Waals surface area contributed by atoms with Gasteiger partial charge >= 0.3 is 6.09 Å². The number of hydrogen-bond donors (Lipinski definition) is 3. The number of carbonyl (C=O) groups excluding carboxylic acids is 6. The normalized spacial score (nSPS) is 17.9. The standard InChI is InChI=1S/C22H26N4O8/c1-22(2,3)34-21(32)23-9-10-33-11-16(28)24-13-6-4-5-12-17(13)20(31)26(19(12)30)14-7-8-15(27)25-18(14)29/h4-6,14H,7-11H2,1-3H3,(H,23,32)(H,24,28)(H,25,27,29). The fraction of sp³-hybridized carbons (Fsp3) is 0.455. The van der Waals surface area contributed by atoms with E-state index in [1.807, 2.05) is 0 Å². The van der Waals surface area contributed by atoms with E-state index in [1.165, 1.54) is 18.2 Å². The average molecular weight is 474 g/mol. The second kappa shape index (κ2) is 10.00. The molecule has 0 aromatic heterocycles. The topological polar surface area (TPSA) is 160 Å². The Morgan fingerprint density at radius 2 is 1.88 bits per heavy atom. The number of nitrogens with zero attached hydrogens (tertiary/aromatic N) is 1. The van der Waals surface area contributed by atoms with Crippen molar-refractivity contribution >= 4 is 41.3 Å². The van der Waals surface area contributed by atoms with Gasteiger partial charge in [-0.3, -0.25) is 34.2 Å². The largest absolute Gasteiger partial charge is 0.444 e. The molecule has 1 fully saturated rings. The van der Waals surface area contributed by atoms with Gasteiger partial charge in [0, 0.05) is 13.0 Å². The van der Waals surface area contributed by atoms with E-state index in [4.69, 9.17) is 9.47 Å². The van der Waals surface area contributed by atoms with Crippen LogP contribution in [0.4, 0.5) is 10.5 Å². The highest BCUT2D eigenvalue weighted by molar-refractivity contribution is 6.26. The smallest absolute Gasteiger partial charge is 0.407 e. The molecule has 12 nitrogen and oxygen atoms in total. The molecule has 0 bridgehead atoms. The average Bonchev–Trinajstić information content (AvgIpc) is 2.98. The molecule has 0 saturated carbocycles. The van der Waals surface area contributed by atoms with E-state index in [9.17, 15) is 28.8 Å². The number of alkyl carbamates (subject to hydrolysis) is 1. The van der Waals surface area contributed by atoms with Crippen LogP contribution < -0.4 is 16.0 Å². The van der Waals surface area contributed by atoms with Gasteiger partial charge in [-0.25, -0.2) is 4.79 Å². The number of piperidine rings is 1. The molecule has 0 aliphatic carbocycles. The van der Waals surface area contributed by atoms with Gasteiger partial charge in [0.1, 0.15) is 18.2 Å². The highest BCUT2D eigenvalue weighted by Gasteiger charge is 2.45. The summed E-state index contributed by atoms with van der Waals surface area (Å²) in [6.45, 7) is 5.00. The zero-order chi connectivity index (χ0) is 25.0. The van der Waals surface area contributed by atoms with Gasteiger partial charge in [0.25, 0.3) is 11.8 Å². The Bertz CT molecular complexity index is 1050. The van der Waals surface area contributed by atoms with Crippen molar-refractivity contribution < 1.29 is 38.2 Å². The van der Waals surface area contributed by atoms with Crippen LogP contribution in [0.3, 0.4) is 0 Å². The van der Waals surface area contributed by atoms with E-state index in [0.717, 1.165) is 4.90 Å². The first kappa shape index (κ1) is 24.8. The Morgan fingerprint density at radius 1 is 1.15 bits per heavy atom. The molecule has 0 radical (unpaired) electrons. The van der Waals surface area contributed by atoms with Crippen LogP contribution in [-0.2, 0) is 23.9 Å². The highest BCUT2D eigenvalue weighted by atomic mass is 16.6. The maximum absolute atomic E-state index is 13.0. The molecular formula is C22H26N4O8. The molecule has 3 N–H and O–H groups in total. The minimum atomic E-state index is -1.10. The number of carbonyl (C=O) groups is 6. The molecule has 34 heavy (non-hydrogen) atoms. The van der Waals surface area contributed by atoms with Crippen LogP contribution in [0.25, 0.3) is 0 Å². The SMILES string of the molecule is CC(C)(C)OC(=O)NCCOCC(=O)Nc1cccc2c1C(=O)N(C1CCC(=O)NC1=O)C2=O. The summed E-state index contributed by atoms with van der Waals surface area (Å²) in [6.07, 6.45) is -0.569. The van der Waals surface area contributed by atoms with Crippen LogP contribution in [0.2, 0.25) is 0 Å². The zero-order valence-corrected chi connectivity index (χ0v) is 19.1. The Morgan fingerprint density at radius 3 is 2.56 bits per heavy atom. The van der Waals surface area contributed by atoms with Crippen molar-refractivity contribution in [2.75, 3.05) is 25.1 Å². The van der Waals surface area contributed by atoms with Gasteiger partial charge < -0.3 is 20.1 Å². The first-order chi connectivity index (χ1) is 16.0. The molecule has 12 heteroatoms. The first-order valence-electron chi connectivity index (χ1n) is 10.7. The second-order valence-electron chi connectivity index (χ2n) is 8.70. The summed E-state index contributed by atoms with van der Waals surface area (Å²) in [5.74, 6) is -3.16. The third kappa shape index (κ3) is 5.76. The van der Waals surface area contributed by atoms with Gasteiger partial charge in [-0.15, -0.1) is 0 Å². The number of amides is 6. The predicted molar refractivity (Wildman–Crippen MR) is 117 cm³/mol. The lowest BCUT2D eigenvalue weighted by molar-refractivity contribution is -0.136. The van der Waals surface area contributed by atoms with Gasteiger partial charge in [0.2, 0.25) is 17.7 Å². The van der Waals surface area contributed by atoms with Crippen molar-refractivity contribution in [1.29, 1.82) is 0 Å². The minimum absolute atomic E-state index is 0.00747. The fourth-order valence-corrected chi connectivity index (χ4v) is 3.51. The van der Waals surface area contributed by atoms with Crippen LogP contribution in [-0.4, -0.2) is 71.9 Å². The van der Waals surface area contributed by atoms with E-state index < -0.39 is 47.3 Å². The molecule has 2 heterocycles. The van der Waals surface area contributed by atoms with Crippen molar-refractivity contribution in [2.45, 2.75) is 45.3 Å². The fourth-order valence-electron chi connectivity index (χ4n) is 3.51. The van der Waals surface area contributed by atoms with Crippen molar-refractivity contribution in [2.24, 2.45) is 0 Å². The summed E-state index contributed by atoms with van der Waals surface area (Å²) < 4.78 is 10.3. The van der Waals surface area contributed by atoms with Crippen molar-refractivity contribution in [3.63, 3.8) is 0 Å². The highest BCUT2D eigenvalue weighted by Crippen LogP contribution is 2.32. The summed E-state index contributed by atoms with van der Waals surface area (Å²) >= 11 is 0. The van der Waals surface area contributed by atoms with Crippen LogP contribution >= 0.6 is 0 Å². The zero-order valence-electron chi connectivity index (χ0n) is 19.1. The molecule has 1 atom stereocenters. The number of nitrogens with one attached hydrogen (secondary N) is 3. The van der Waals surface area contributed by atoms with Crippen molar-refractivity contribution in [3.05, 3.63) is 29.3 Å². The molecule has 1 aromatic carbocycles. The van der Waals surface area contributed by atoms with Gasteiger partial charge in [-0.2, -0.15) is 0 Å². The number of anilines is 1. The predicted octanol–water partition coefficient (Wildman–Crippen LogP) is 0.568. The van der Waals surface area contributed by atoms with Gasteiger partial charge in [0.15, 0.2) is 0 Å². The molecule has 6 amide bonds. The van der Waals surface area contributed by atoms with E-state index in [2.05, 4.69) is 16.0 Å².